The molecule has 3 aliphatic rings. The number of anilines is 1. The van der Waals surface area contributed by atoms with Crippen molar-refractivity contribution in [3.05, 3.63) is 18.1 Å². The predicted octanol–water partition coefficient (Wildman–Crippen LogP) is 1.91. The van der Waals surface area contributed by atoms with E-state index in [1.165, 1.54) is 12.8 Å². The molecule has 3 fully saturated rings. The molecule has 1 aromatic rings. The van der Waals surface area contributed by atoms with Gasteiger partial charge in [0.25, 0.3) is 5.91 Å². The van der Waals surface area contributed by atoms with Crippen molar-refractivity contribution in [3.8, 4) is 0 Å². The molecule has 4 rings (SSSR count). The topological polar surface area (TPSA) is 58.6 Å². The van der Waals surface area contributed by atoms with Crippen molar-refractivity contribution in [3.63, 3.8) is 0 Å². The van der Waals surface area contributed by atoms with Crippen LogP contribution in [0.3, 0.4) is 0 Å². The van der Waals surface area contributed by atoms with E-state index in [1.54, 1.807) is 4.90 Å². The number of carbonyl (C=O) groups is 1. The van der Waals surface area contributed by atoms with Crippen molar-refractivity contribution >= 4 is 11.7 Å². The fraction of sp³-hybridized carbons (Fsp3) is 0.722. The lowest BCUT2D eigenvalue weighted by Crippen LogP contribution is -2.49. The first-order chi connectivity index (χ1) is 12.2. The van der Waals surface area contributed by atoms with E-state index < -0.39 is 11.6 Å². The minimum atomic E-state index is -1.82. The van der Waals surface area contributed by atoms with E-state index in [9.17, 15) is 9.18 Å². The summed E-state index contributed by atoms with van der Waals surface area (Å²) >= 11 is 0. The van der Waals surface area contributed by atoms with Gasteiger partial charge in [-0.25, -0.2) is 14.4 Å². The molecular formula is C18H25FN4O2. The third-order valence-electron chi connectivity index (χ3n) is 5.59. The van der Waals surface area contributed by atoms with Crippen molar-refractivity contribution in [2.75, 3.05) is 44.3 Å². The maximum absolute atomic E-state index is 14.6. The van der Waals surface area contributed by atoms with Gasteiger partial charge in [-0.1, -0.05) is 0 Å². The van der Waals surface area contributed by atoms with Crippen molar-refractivity contribution in [2.24, 2.45) is 0 Å². The number of likely N-dealkylation sites (tertiary alicyclic amines) is 1. The Hall–Kier alpha value is -1.76. The van der Waals surface area contributed by atoms with Gasteiger partial charge in [0, 0.05) is 44.7 Å². The second-order valence-electron chi connectivity index (χ2n) is 7.30. The van der Waals surface area contributed by atoms with Gasteiger partial charge in [-0.3, -0.25) is 4.79 Å². The number of hydrogen-bond donors (Lipinski definition) is 0. The van der Waals surface area contributed by atoms with Crippen LogP contribution in [0.2, 0.25) is 0 Å². The zero-order chi connectivity index (χ0) is 17.3. The Morgan fingerprint density at radius 3 is 2.68 bits per heavy atom. The molecule has 1 aromatic heterocycles. The summed E-state index contributed by atoms with van der Waals surface area (Å²) in [5, 5.41) is 0. The third kappa shape index (κ3) is 3.34. The molecule has 0 bridgehead atoms. The van der Waals surface area contributed by atoms with E-state index in [0.29, 0.717) is 19.7 Å². The Bertz CT molecular complexity index is 621. The number of ether oxygens (including phenoxy) is 1. The molecule has 7 heteroatoms. The highest BCUT2D eigenvalue weighted by Crippen LogP contribution is 2.31. The lowest BCUT2D eigenvalue weighted by molar-refractivity contribution is -0.145. The summed E-state index contributed by atoms with van der Waals surface area (Å²) in [6.45, 7) is 3.47. The number of hydrogen-bond acceptors (Lipinski definition) is 5. The number of aromatic nitrogens is 2. The van der Waals surface area contributed by atoms with Crippen LogP contribution in [0.25, 0.3) is 0 Å². The highest BCUT2D eigenvalue weighted by atomic mass is 19.1. The van der Waals surface area contributed by atoms with Crippen LogP contribution >= 0.6 is 0 Å². The van der Waals surface area contributed by atoms with Crippen LogP contribution in [0.1, 0.15) is 43.8 Å². The first-order valence-electron chi connectivity index (χ1n) is 9.30. The summed E-state index contributed by atoms with van der Waals surface area (Å²) in [4.78, 5) is 25.6. The van der Waals surface area contributed by atoms with Gasteiger partial charge in [0.2, 0.25) is 5.67 Å². The molecule has 1 unspecified atom stereocenters. The zero-order valence-electron chi connectivity index (χ0n) is 14.5. The van der Waals surface area contributed by atoms with E-state index >= 15 is 0 Å². The van der Waals surface area contributed by atoms with Crippen LogP contribution in [0.5, 0.6) is 0 Å². The van der Waals surface area contributed by atoms with Crippen LogP contribution in [0, 0.1) is 0 Å². The molecule has 136 valence electrons. The van der Waals surface area contributed by atoms with Gasteiger partial charge >= 0.3 is 0 Å². The van der Waals surface area contributed by atoms with Gasteiger partial charge in [-0.15, -0.1) is 0 Å². The zero-order valence-corrected chi connectivity index (χ0v) is 14.5. The molecule has 25 heavy (non-hydrogen) atoms. The minimum absolute atomic E-state index is 0.104. The summed E-state index contributed by atoms with van der Waals surface area (Å²) in [7, 11) is 0. The molecule has 3 aliphatic heterocycles. The van der Waals surface area contributed by atoms with Gasteiger partial charge in [0.15, 0.2) is 0 Å². The molecule has 0 spiro atoms. The second kappa shape index (κ2) is 6.86. The van der Waals surface area contributed by atoms with Crippen molar-refractivity contribution in [1.82, 2.24) is 14.9 Å². The molecule has 1 atom stereocenters. The van der Waals surface area contributed by atoms with Crippen LogP contribution in [-0.4, -0.2) is 65.8 Å². The monoisotopic (exact) mass is 348 g/mol. The molecule has 0 saturated carbocycles. The quantitative estimate of drug-likeness (QED) is 0.835. The fourth-order valence-electron chi connectivity index (χ4n) is 4.02. The summed E-state index contributed by atoms with van der Waals surface area (Å²) in [5.74, 6) is 1.69. The summed E-state index contributed by atoms with van der Waals surface area (Å²) in [5.41, 5.74) is -1.82. The first kappa shape index (κ1) is 16.7. The Labute approximate surface area is 147 Å². The van der Waals surface area contributed by atoms with E-state index in [1.807, 2.05) is 12.3 Å². The molecule has 6 nitrogen and oxygen atoms in total. The molecule has 4 heterocycles. The third-order valence-corrected chi connectivity index (χ3v) is 5.59. The lowest BCUT2D eigenvalue weighted by Gasteiger charge is -2.34. The number of carbonyl (C=O) groups excluding carboxylic acids is 1. The fourth-order valence-corrected chi connectivity index (χ4v) is 4.02. The van der Waals surface area contributed by atoms with Crippen LogP contribution in [0.4, 0.5) is 10.2 Å². The number of rotatable bonds is 3. The molecule has 0 aromatic carbocycles. The standard InChI is InChI=1S/C18H25FN4O2/c19-18(6-12-25-13-18)17(24)23-10-4-14(5-11-23)16-20-7-3-15(21-16)22-8-1-2-9-22/h3,7,14H,1-2,4-6,8-13H2. The van der Waals surface area contributed by atoms with Gasteiger partial charge in [-0.05, 0) is 31.7 Å². The SMILES string of the molecule is O=C(N1CCC(c2nccc(N3CCCC3)n2)CC1)C1(F)CCOC1. The van der Waals surface area contributed by atoms with E-state index in [-0.39, 0.29) is 18.9 Å². The maximum Gasteiger partial charge on any atom is 0.262 e. The molecule has 3 saturated heterocycles. The van der Waals surface area contributed by atoms with E-state index in [4.69, 9.17) is 9.72 Å². The molecule has 0 radical (unpaired) electrons. The van der Waals surface area contributed by atoms with Crippen molar-refractivity contribution in [2.45, 2.75) is 43.7 Å². The lowest BCUT2D eigenvalue weighted by atomic mass is 9.94. The Morgan fingerprint density at radius 2 is 2.00 bits per heavy atom. The van der Waals surface area contributed by atoms with Crippen molar-refractivity contribution < 1.29 is 13.9 Å². The first-order valence-corrected chi connectivity index (χ1v) is 9.30. The number of amides is 1. The average Bonchev–Trinajstić information content (AvgIpc) is 3.34. The number of halogens is 1. The minimum Gasteiger partial charge on any atom is -0.377 e. The normalized spacial score (nSPS) is 27.9. The van der Waals surface area contributed by atoms with E-state index in [2.05, 4.69) is 9.88 Å². The average molecular weight is 348 g/mol. The summed E-state index contributed by atoms with van der Waals surface area (Å²) in [6, 6.07) is 1.97. The van der Waals surface area contributed by atoms with Crippen LogP contribution in [-0.2, 0) is 9.53 Å². The van der Waals surface area contributed by atoms with Crippen LogP contribution in [0.15, 0.2) is 12.3 Å². The highest BCUT2D eigenvalue weighted by molar-refractivity contribution is 5.85. The molecule has 1 amide bonds. The maximum atomic E-state index is 14.6. The van der Waals surface area contributed by atoms with Gasteiger partial charge < -0.3 is 14.5 Å². The Kier molecular flexibility index (Phi) is 4.58. The molecule has 0 N–H and O–H groups in total. The van der Waals surface area contributed by atoms with Gasteiger partial charge in [0.05, 0.1) is 13.2 Å². The van der Waals surface area contributed by atoms with Crippen LogP contribution < -0.4 is 4.90 Å². The second-order valence-corrected chi connectivity index (χ2v) is 7.30. The number of piperidine rings is 1. The van der Waals surface area contributed by atoms with E-state index in [0.717, 1.165) is 37.6 Å². The number of nitrogens with zero attached hydrogens (tertiary/aromatic N) is 4. The molecular weight excluding hydrogens is 323 g/mol. The van der Waals surface area contributed by atoms with Gasteiger partial charge in [0.1, 0.15) is 11.6 Å². The highest BCUT2D eigenvalue weighted by Gasteiger charge is 2.45. The molecule has 0 aliphatic carbocycles. The van der Waals surface area contributed by atoms with Crippen molar-refractivity contribution in [1.29, 1.82) is 0 Å². The summed E-state index contributed by atoms with van der Waals surface area (Å²) < 4.78 is 19.7. The number of alkyl halides is 1. The summed E-state index contributed by atoms with van der Waals surface area (Å²) in [6.07, 6.45) is 6.01. The predicted molar refractivity (Wildman–Crippen MR) is 91.3 cm³/mol. The smallest absolute Gasteiger partial charge is 0.262 e. The van der Waals surface area contributed by atoms with Gasteiger partial charge in [-0.2, -0.15) is 0 Å². The Morgan fingerprint density at radius 1 is 1.24 bits per heavy atom. The largest absolute Gasteiger partial charge is 0.377 e. The Balaban J connectivity index is 1.38.